The van der Waals surface area contributed by atoms with E-state index >= 15 is 0 Å². The maximum atomic E-state index is 5.59. The molecule has 1 rings (SSSR count). The maximum Gasteiger partial charge on any atom is 0.186 e. The Labute approximate surface area is 102 Å². The lowest BCUT2D eigenvalue weighted by molar-refractivity contribution is -0.210. The molecule has 6 nitrogen and oxygen atoms in total. The van der Waals surface area contributed by atoms with Gasteiger partial charge in [0.25, 0.3) is 0 Å². The van der Waals surface area contributed by atoms with Crippen molar-refractivity contribution >= 4 is 0 Å². The second-order valence-corrected chi connectivity index (χ2v) is 3.81. The van der Waals surface area contributed by atoms with Crippen molar-refractivity contribution in [3.05, 3.63) is 0 Å². The Kier molecular flexibility index (Phi) is 6.32. The summed E-state index contributed by atoms with van der Waals surface area (Å²) in [7, 11) is 7.99. The van der Waals surface area contributed by atoms with Crippen LogP contribution in [0.2, 0.25) is 0 Å². The number of methoxy groups -OCH3 is 5. The van der Waals surface area contributed by atoms with Gasteiger partial charge in [-0.15, -0.1) is 0 Å². The average Bonchev–Trinajstić information content (AvgIpc) is 2.52. The second-order valence-electron chi connectivity index (χ2n) is 3.81. The molecule has 1 aliphatic rings. The minimum Gasteiger partial charge on any atom is -0.376 e. The number of hydrogen-bond donors (Lipinski definition) is 0. The van der Waals surface area contributed by atoms with Gasteiger partial charge in [0.2, 0.25) is 0 Å². The Balaban J connectivity index is 2.92. The van der Waals surface area contributed by atoms with Gasteiger partial charge in [-0.05, 0) is 0 Å². The van der Waals surface area contributed by atoms with Crippen LogP contribution < -0.4 is 0 Å². The van der Waals surface area contributed by atoms with E-state index in [1.165, 1.54) is 0 Å². The summed E-state index contributed by atoms with van der Waals surface area (Å²) in [5.41, 5.74) is 0. The van der Waals surface area contributed by atoms with Crippen molar-refractivity contribution in [2.75, 3.05) is 42.2 Å². The fourth-order valence-electron chi connectivity index (χ4n) is 2.14. The van der Waals surface area contributed by atoms with Gasteiger partial charge in [0.1, 0.15) is 24.4 Å². The van der Waals surface area contributed by atoms with Crippen LogP contribution in [-0.4, -0.2) is 72.9 Å². The van der Waals surface area contributed by atoms with E-state index in [0.29, 0.717) is 6.61 Å². The molecule has 102 valence electrons. The van der Waals surface area contributed by atoms with E-state index in [9.17, 15) is 0 Å². The molecule has 0 amide bonds. The summed E-state index contributed by atoms with van der Waals surface area (Å²) in [6.45, 7) is 0.368. The Morgan fingerprint density at radius 3 is 1.71 bits per heavy atom. The smallest absolute Gasteiger partial charge is 0.186 e. The standard InChI is InChI=1S/C11H22O6/c1-12-7-6-17-11(16-5)10(15-4)9(14-3)8(7)13-2/h7-11H,6H2,1-5H3. The highest BCUT2D eigenvalue weighted by Crippen LogP contribution is 2.24. The highest BCUT2D eigenvalue weighted by Gasteiger charge is 2.44. The monoisotopic (exact) mass is 250 g/mol. The van der Waals surface area contributed by atoms with Gasteiger partial charge in [-0.25, -0.2) is 0 Å². The van der Waals surface area contributed by atoms with Crippen LogP contribution in [0.5, 0.6) is 0 Å². The van der Waals surface area contributed by atoms with Gasteiger partial charge in [0, 0.05) is 35.5 Å². The molecule has 17 heavy (non-hydrogen) atoms. The average molecular weight is 250 g/mol. The first-order valence-electron chi connectivity index (χ1n) is 5.49. The van der Waals surface area contributed by atoms with Crippen LogP contribution in [-0.2, 0) is 28.4 Å². The third kappa shape index (κ3) is 3.15. The first-order chi connectivity index (χ1) is 8.23. The van der Waals surface area contributed by atoms with E-state index in [4.69, 9.17) is 28.4 Å². The van der Waals surface area contributed by atoms with E-state index in [1.807, 2.05) is 0 Å². The zero-order valence-corrected chi connectivity index (χ0v) is 11.0. The largest absolute Gasteiger partial charge is 0.376 e. The highest BCUT2D eigenvalue weighted by molar-refractivity contribution is 4.89. The molecule has 0 N–H and O–H groups in total. The zero-order valence-electron chi connectivity index (χ0n) is 11.0. The highest BCUT2D eigenvalue weighted by atomic mass is 16.7. The van der Waals surface area contributed by atoms with Crippen LogP contribution in [0.3, 0.4) is 0 Å². The molecule has 0 bridgehead atoms. The number of ether oxygens (including phenoxy) is 6. The van der Waals surface area contributed by atoms with E-state index in [1.54, 1.807) is 35.5 Å². The van der Waals surface area contributed by atoms with Crippen molar-refractivity contribution in [3.8, 4) is 0 Å². The Bertz CT molecular complexity index is 192. The van der Waals surface area contributed by atoms with Gasteiger partial charge in [-0.2, -0.15) is 0 Å². The fraction of sp³-hybridized carbons (Fsp3) is 1.00. The van der Waals surface area contributed by atoms with Gasteiger partial charge in [-0.3, -0.25) is 0 Å². The van der Waals surface area contributed by atoms with E-state index in [0.717, 1.165) is 0 Å². The van der Waals surface area contributed by atoms with E-state index < -0.39 is 6.29 Å². The summed E-state index contributed by atoms with van der Waals surface area (Å²) >= 11 is 0. The van der Waals surface area contributed by atoms with Crippen molar-refractivity contribution in [1.29, 1.82) is 0 Å². The molecule has 0 radical (unpaired) electrons. The second kappa shape index (κ2) is 7.25. The quantitative estimate of drug-likeness (QED) is 0.687. The lowest BCUT2D eigenvalue weighted by Gasteiger charge is -2.32. The van der Waals surface area contributed by atoms with Crippen molar-refractivity contribution in [2.45, 2.75) is 30.7 Å². The molecule has 1 fully saturated rings. The molecule has 5 atom stereocenters. The molecule has 1 heterocycles. The Morgan fingerprint density at radius 1 is 0.706 bits per heavy atom. The van der Waals surface area contributed by atoms with Gasteiger partial charge in [0.15, 0.2) is 6.29 Å². The first kappa shape index (κ1) is 14.8. The molecule has 0 spiro atoms. The molecule has 1 saturated heterocycles. The first-order valence-corrected chi connectivity index (χ1v) is 5.49. The van der Waals surface area contributed by atoms with Crippen LogP contribution in [0.15, 0.2) is 0 Å². The SMILES string of the molecule is COC1COC(OC)C(OC)C(OC)C1OC. The topological polar surface area (TPSA) is 55.4 Å². The van der Waals surface area contributed by atoms with Crippen LogP contribution >= 0.6 is 0 Å². The maximum absolute atomic E-state index is 5.59. The van der Waals surface area contributed by atoms with Crippen LogP contribution in [0.25, 0.3) is 0 Å². The van der Waals surface area contributed by atoms with Crippen molar-refractivity contribution in [2.24, 2.45) is 0 Å². The van der Waals surface area contributed by atoms with Gasteiger partial charge >= 0.3 is 0 Å². The summed E-state index contributed by atoms with van der Waals surface area (Å²) in [6, 6.07) is 0. The Morgan fingerprint density at radius 2 is 1.29 bits per heavy atom. The number of rotatable bonds is 5. The van der Waals surface area contributed by atoms with Gasteiger partial charge < -0.3 is 28.4 Å². The molecule has 5 unspecified atom stereocenters. The van der Waals surface area contributed by atoms with Crippen LogP contribution in [0.1, 0.15) is 0 Å². The number of hydrogen-bond acceptors (Lipinski definition) is 6. The lowest BCUT2D eigenvalue weighted by atomic mass is 10.0. The summed E-state index contributed by atoms with van der Waals surface area (Å²) in [6.07, 6.45) is -1.67. The van der Waals surface area contributed by atoms with Gasteiger partial charge in [0.05, 0.1) is 6.61 Å². The molecule has 0 aliphatic carbocycles. The van der Waals surface area contributed by atoms with Crippen molar-refractivity contribution in [1.82, 2.24) is 0 Å². The summed E-state index contributed by atoms with van der Waals surface area (Å²) < 4.78 is 32.5. The summed E-state index contributed by atoms with van der Waals surface area (Å²) in [5.74, 6) is 0. The molecule has 0 saturated carbocycles. The fourth-order valence-corrected chi connectivity index (χ4v) is 2.14. The lowest BCUT2D eigenvalue weighted by Crippen LogP contribution is -2.49. The van der Waals surface area contributed by atoms with Crippen LogP contribution in [0.4, 0.5) is 0 Å². The molecule has 6 heteroatoms. The molecular weight excluding hydrogens is 228 g/mol. The normalized spacial score (nSPS) is 39.0. The minimum atomic E-state index is -0.497. The van der Waals surface area contributed by atoms with Crippen molar-refractivity contribution in [3.63, 3.8) is 0 Å². The Hall–Kier alpha value is -0.240. The summed E-state index contributed by atoms with van der Waals surface area (Å²) in [4.78, 5) is 0. The molecule has 0 aromatic rings. The van der Waals surface area contributed by atoms with Crippen LogP contribution in [0, 0.1) is 0 Å². The third-order valence-electron chi connectivity index (χ3n) is 3.06. The summed E-state index contributed by atoms with van der Waals surface area (Å²) in [5, 5.41) is 0. The molecule has 1 aliphatic heterocycles. The zero-order chi connectivity index (χ0) is 12.8. The van der Waals surface area contributed by atoms with Gasteiger partial charge in [-0.1, -0.05) is 0 Å². The molecule has 0 aromatic carbocycles. The van der Waals surface area contributed by atoms with E-state index in [-0.39, 0.29) is 24.4 Å². The predicted molar refractivity (Wildman–Crippen MR) is 59.9 cm³/mol. The molecular formula is C11H22O6. The molecule has 0 aromatic heterocycles. The van der Waals surface area contributed by atoms with Crippen molar-refractivity contribution < 1.29 is 28.4 Å². The predicted octanol–water partition coefficient (Wildman–Crippen LogP) is 0.0491. The minimum absolute atomic E-state index is 0.220. The van der Waals surface area contributed by atoms with E-state index in [2.05, 4.69) is 0 Å². The third-order valence-corrected chi connectivity index (χ3v) is 3.06.